The lowest BCUT2D eigenvalue weighted by Gasteiger charge is -2.32. The van der Waals surface area contributed by atoms with Gasteiger partial charge in [-0.15, -0.1) is 0 Å². The summed E-state index contributed by atoms with van der Waals surface area (Å²) in [4.78, 5) is 9.77. The summed E-state index contributed by atoms with van der Waals surface area (Å²) in [5, 5.41) is 20.2. The minimum absolute atomic E-state index is 0.198. The van der Waals surface area contributed by atoms with E-state index in [1.807, 2.05) is 72.7 Å². The van der Waals surface area contributed by atoms with Crippen molar-refractivity contribution in [3.63, 3.8) is 0 Å². The van der Waals surface area contributed by atoms with Gasteiger partial charge in [0.15, 0.2) is 0 Å². The number of aliphatic hydroxyl groups excluding tert-OH is 1. The number of rotatable bonds is 5. The summed E-state index contributed by atoms with van der Waals surface area (Å²) in [5.74, 6) is 0.510. The first kappa shape index (κ1) is 24.9. The number of hydrogen-bond acceptors (Lipinski definition) is 7. The van der Waals surface area contributed by atoms with E-state index in [1.165, 1.54) is 0 Å². The lowest BCUT2D eigenvalue weighted by Crippen LogP contribution is -2.42. The van der Waals surface area contributed by atoms with Crippen LogP contribution >= 0.6 is 0 Å². The number of aromatic nitrogens is 2. The zero-order valence-corrected chi connectivity index (χ0v) is 21.1. The Labute approximate surface area is 202 Å². The quantitative estimate of drug-likeness (QED) is 0.515. The zero-order chi connectivity index (χ0) is 24.9. The van der Waals surface area contributed by atoms with E-state index in [0.29, 0.717) is 18.8 Å². The molecule has 0 amide bonds. The van der Waals surface area contributed by atoms with Crippen LogP contribution in [0.3, 0.4) is 0 Å². The molecule has 4 rings (SSSR count). The van der Waals surface area contributed by atoms with Crippen LogP contribution in [0.1, 0.15) is 66.8 Å². The van der Waals surface area contributed by atoms with Crippen molar-refractivity contribution < 1.29 is 19.2 Å². The number of nitrogens with zero attached hydrogens (tertiary/aromatic N) is 3. The van der Waals surface area contributed by atoms with Crippen molar-refractivity contribution in [2.24, 2.45) is 5.92 Å². The SMILES string of the molecule is CC(C)(C)OC(O)N1C[C@@H](C#N)C[C@H]1c1ncc(-c2ccc(B3OC(C)(C)C(C)(C)O3)cc2)[nH]1. The number of likely N-dealkylation sites (tertiary alicyclic amines) is 1. The van der Waals surface area contributed by atoms with Gasteiger partial charge in [0.05, 0.1) is 46.7 Å². The Morgan fingerprint density at radius 1 is 1.21 bits per heavy atom. The monoisotopic (exact) mass is 466 g/mol. The van der Waals surface area contributed by atoms with Crippen LogP contribution in [0.15, 0.2) is 30.5 Å². The Hall–Kier alpha value is -2.22. The highest BCUT2D eigenvalue weighted by atomic mass is 16.7. The maximum Gasteiger partial charge on any atom is 0.494 e. The van der Waals surface area contributed by atoms with Gasteiger partial charge < -0.3 is 24.1 Å². The average molecular weight is 466 g/mol. The van der Waals surface area contributed by atoms with Crippen molar-refractivity contribution in [2.45, 2.75) is 84.1 Å². The Morgan fingerprint density at radius 3 is 2.38 bits per heavy atom. The van der Waals surface area contributed by atoms with Crippen molar-refractivity contribution in [3.8, 4) is 17.3 Å². The number of nitrogens with one attached hydrogen (secondary N) is 1. The second-order valence-electron chi connectivity index (χ2n) is 11.2. The second-order valence-corrected chi connectivity index (χ2v) is 11.2. The number of ether oxygens (including phenoxy) is 1. The minimum Gasteiger partial charge on any atom is -0.399 e. The first-order valence-electron chi connectivity index (χ1n) is 11.8. The Balaban J connectivity index is 1.51. The molecule has 3 heterocycles. The van der Waals surface area contributed by atoms with E-state index < -0.39 is 19.1 Å². The standard InChI is InChI=1S/C25H35BN4O4/c1-23(2,3)32-22(31)30-15-16(13-27)12-20(30)21-28-14-19(29-21)17-8-10-18(11-9-17)26-33-24(4,5)25(6,7)34-26/h8-11,14,16,20,22,31H,12,15H2,1-7H3,(H,28,29)/t16-,20+,22?/m1/s1. The third-order valence-corrected chi connectivity index (χ3v) is 6.92. The predicted octanol–water partition coefficient (Wildman–Crippen LogP) is 3.35. The lowest BCUT2D eigenvalue weighted by molar-refractivity contribution is -0.243. The molecule has 9 heteroatoms. The fourth-order valence-corrected chi connectivity index (χ4v) is 4.30. The number of hydrogen-bond donors (Lipinski definition) is 2. The highest BCUT2D eigenvalue weighted by molar-refractivity contribution is 6.62. The molecule has 0 saturated carbocycles. The number of aliphatic hydroxyl groups is 1. The largest absolute Gasteiger partial charge is 0.494 e. The third kappa shape index (κ3) is 4.93. The van der Waals surface area contributed by atoms with Crippen molar-refractivity contribution >= 4 is 12.6 Å². The van der Waals surface area contributed by atoms with Crippen LogP contribution in [0.5, 0.6) is 0 Å². The molecule has 2 aromatic rings. The number of aromatic amines is 1. The molecule has 8 nitrogen and oxygen atoms in total. The highest BCUT2D eigenvalue weighted by Crippen LogP contribution is 2.38. The molecule has 0 spiro atoms. The van der Waals surface area contributed by atoms with E-state index in [9.17, 15) is 10.4 Å². The van der Waals surface area contributed by atoms with Gasteiger partial charge in [0.1, 0.15) is 5.82 Å². The Kier molecular flexibility index (Phi) is 6.43. The summed E-state index contributed by atoms with van der Waals surface area (Å²) in [6, 6.07) is 10.1. The van der Waals surface area contributed by atoms with Crippen LogP contribution in [0.4, 0.5) is 0 Å². The van der Waals surface area contributed by atoms with Crippen LogP contribution in [-0.4, -0.2) is 56.9 Å². The fraction of sp³-hybridized carbons (Fsp3) is 0.600. The number of nitriles is 1. The molecule has 1 unspecified atom stereocenters. The molecular formula is C25H35BN4O4. The molecule has 2 aliphatic heterocycles. The first-order chi connectivity index (χ1) is 15.8. The van der Waals surface area contributed by atoms with Gasteiger partial charge in [-0.1, -0.05) is 24.3 Å². The molecule has 2 fully saturated rings. The van der Waals surface area contributed by atoms with E-state index in [1.54, 1.807) is 11.1 Å². The molecule has 0 bridgehead atoms. The minimum atomic E-state index is -1.11. The fourth-order valence-electron chi connectivity index (χ4n) is 4.30. The molecule has 1 aromatic carbocycles. The highest BCUT2D eigenvalue weighted by Gasteiger charge is 2.51. The van der Waals surface area contributed by atoms with Crippen LogP contribution in [0.25, 0.3) is 11.3 Å². The topological polar surface area (TPSA) is 104 Å². The Bertz CT molecular complexity index is 1040. The van der Waals surface area contributed by atoms with Crippen molar-refractivity contribution in [3.05, 3.63) is 36.3 Å². The molecule has 3 atom stereocenters. The summed E-state index contributed by atoms with van der Waals surface area (Å²) >= 11 is 0. The van der Waals surface area contributed by atoms with Crippen LogP contribution in [0.2, 0.25) is 0 Å². The van der Waals surface area contributed by atoms with Gasteiger partial charge >= 0.3 is 7.12 Å². The average Bonchev–Trinajstić information content (AvgIpc) is 3.43. The van der Waals surface area contributed by atoms with Gasteiger partial charge in [0.2, 0.25) is 6.41 Å². The molecule has 0 radical (unpaired) electrons. The second kappa shape index (κ2) is 8.78. The van der Waals surface area contributed by atoms with E-state index >= 15 is 0 Å². The van der Waals surface area contributed by atoms with Gasteiger partial charge in [-0.25, -0.2) is 9.88 Å². The van der Waals surface area contributed by atoms with E-state index in [2.05, 4.69) is 16.0 Å². The molecule has 2 aliphatic rings. The van der Waals surface area contributed by atoms with Gasteiger partial charge in [-0.05, 0) is 65.9 Å². The van der Waals surface area contributed by atoms with Crippen molar-refractivity contribution in [1.29, 1.82) is 5.26 Å². The molecule has 0 aliphatic carbocycles. The van der Waals surface area contributed by atoms with Crippen LogP contribution in [-0.2, 0) is 14.0 Å². The summed E-state index contributed by atoms with van der Waals surface area (Å²) in [6.45, 7) is 14.3. The first-order valence-corrected chi connectivity index (χ1v) is 11.8. The van der Waals surface area contributed by atoms with Crippen molar-refractivity contribution in [1.82, 2.24) is 14.9 Å². The number of imidazole rings is 1. The molecule has 34 heavy (non-hydrogen) atoms. The number of H-pyrrole nitrogens is 1. The van der Waals surface area contributed by atoms with Gasteiger partial charge in [0, 0.05) is 6.54 Å². The van der Waals surface area contributed by atoms with Gasteiger partial charge in [0.25, 0.3) is 0 Å². The van der Waals surface area contributed by atoms with E-state index in [0.717, 1.165) is 16.7 Å². The summed E-state index contributed by atoms with van der Waals surface area (Å²) in [7, 11) is -0.407. The summed E-state index contributed by atoms with van der Waals surface area (Å²) < 4.78 is 18.0. The maximum absolute atomic E-state index is 10.7. The third-order valence-electron chi connectivity index (χ3n) is 6.92. The molecule has 182 valence electrons. The van der Waals surface area contributed by atoms with Gasteiger partial charge in [-0.2, -0.15) is 5.26 Å². The van der Waals surface area contributed by atoms with Crippen molar-refractivity contribution in [2.75, 3.05) is 6.54 Å². The summed E-state index contributed by atoms with van der Waals surface area (Å²) in [5.41, 5.74) is 1.52. The van der Waals surface area contributed by atoms with E-state index in [-0.39, 0.29) is 23.2 Å². The normalized spacial score (nSPS) is 25.4. The number of benzene rings is 1. The maximum atomic E-state index is 10.7. The predicted molar refractivity (Wildman–Crippen MR) is 130 cm³/mol. The molecule has 1 aromatic heterocycles. The zero-order valence-electron chi connectivity index (χ0n) is 21.1. The molecular weight excluding hydrogens is 431 g/mol. The van der Waals surface area contributed by atoms with E-state index in [4.69, 9.17) is 14.0 Å². The van der Waals surface area contributed by atoms with Gasteiger partial charge in [-0.3, -0.25) is 0 Å². The smallest absolute Gasteiger partial charge is 0.399 e. The van der Waals surface area contributed by atoms with Crippen LogP contribution in [0, 0.1) is 17.2 Å². The molecule has 2 N–H and O–H groups in total. The summed E-state index contributed by atoms with van der Waals surface area (Å²) in [6.07, 6.45) is 1.25. The lowest BCUT2D eigenvalue weighted by atomic mass is 9.79. The molecule has 2 saturated heterocycles. The Morgan fingerprint density at radius 2 is 1.82 bits per heavy atom. The van der Waals surface area contributed by atoms with Crippen LogP contribution < -0.4 is 5.46 Å².